The molecule has 0 radical (unpaired) electrons. The van der Waals surface area contributed by atoms with Crippen LogP contribution in [0.1, 0.15) is 29.4 Å². The standard InChI is InChI=1S/C17H22N6O/c1-11-4-3-6-19-17(11)22-16-8-14(20-12(2)21-16)13-5-7-23(9-13)10-15(18)24/h3-4,6,8,13H,5,7,9-10H2,1-2H3,(H2,18,24)(H,19,20,21,22)/t13-/m1/s1. The van der Waals surface area contributed by atoms with E-state index in [1.807, 2.05) is 32.0 Å². The van der Waals surface area contributed by atoms with Crippen molar-refractivity contribution in [3.63, 3.8) is 0 Å². The fraction of sp³-hybridized carbons (Fsp3) is 0.412. The number of amides is 1. The minimum absolute atomic E-state index is 0.288. The summed E-state index contributed by atoms with van der Waals surface area (Å²) in [6.45, 7) is 5.85. The highest BCUT2D eigenvalue weighted by atomic mass is 16.1. The highest BCUT2D eigenvalue weighted by molar-refractivity contribution is 5.76. The molecule has 0 unspecified atom stereocenters. The number of carbonyl (C=O) groups excluding carboxylic acids is 1. The van der Waals surface area contributed by atoms with E-state index in [0.29, 0.717) is 6.54 Å². The fourth-order valence-electron chi connectivity index (χ4n) is 3.04. The highest BCUT2D eigenvalue weighted by Gasteiger charge is 2.26. The number of primary amides is 1. The van der Waals surface area contributed by atoms with Gasteiger partial charge in [0.25, 0.3) is 0 Å². The molecule has 1 aliphatic rings. The van der Waals surface area contributed by atoms with Gasteiger partial charge in [-0.15, -0.1) is 0 Å². The molecule has 7 nitrogen and oxygen atoms in total. The smallest absolute Gasteiger partial charge is 0.231 e. The van der Waals surface area contributed by atoms with Crippen LogP contribution in [0.2, 0.25) is 0 Å². The second-order valence-electron chi connectivity index (χ2n) is 6.21. The Morgan fingerprint density at radius 3 is 3.00 bits per heavy atom. The number of aromatic nitrogens is 3. The van der Waals surface area contributed by atoms with Crippen molar-refractivity contribution in [3.8, 4) is 0 Å². The number of anilines is 2. The Kier molecular flexibility index (Phi) is 4.71. The van der Waals surface area contributed by atoms with Crippen molar-refractivity contribution in [1.29, 1.82) is 0 Å². The van der Waals surface area contributed by atoms with Crippen LogP contribution in [0.25, 0.3) is 0 Å². The molecule has 3 rings (SSSR count). The van der Waals surface area contributed by atoms with Gasteiger partial charge in [-0.25, -0.2) is 15.0 Å². The first kappa shape index (κ1) is 16.3. The SMILES string of the molecule is Cc1nc(Nc2ncccc2C)cc([C@@H]2CCN(CC(N)=O)C2)n1. The van der Waals surface area contributed by atoms with Crippen LogP contribution < -0.4 is 11.1 Å². The van der Waals surface area contributed by atoms with Crippen molar-refractivity contribution in [2.45, 2.75) is 26.2 Å². The lowest BCUT2D eigenvalue weighted by molar-refractivity contribution is -0.118. The summed E-state index contributed by atoms with van der Waals surface area (Å²) in [7, 11) is 0. The van der Waals surface area contributed by atoms with Crippen LogP contribution in [0.5, 0.6) is 0 Å². The molecule has 1 atom stereocenters. The van der Waals surface area contributed by atoms with Gasteiger partial charge in [-0.05, 0) is 38.4 Å². The summed E-state index contributed by atoms with van der Waals surface area (Å²) in [6, 6.07) is 5.88. The highest BCUT2D eigenvalue weighted by Crippen LogP contribution is 2.27. The first-order valence-corrected chi connectivity index (χ1v) is 8.06. The largest absolute Gasteiger partial charge is 0.369 e. The summed E-state index contributed by atoms with van der Waals surface area (Å²) in [5.74, 6) is 2.26. The van der Waals surface area contributed by atoms with Crippen molar-refractivity contribution in [1.82, 2.24) is 19.9 Å². The first-order chi connectivity index (χ1) is 11.5. The van der Waals surface area contributed by atoms with Gasteiger partial charge in [0.1, 0.15) is 17.5 Å². The summed E-state index contributed by atoms with van der Waals surface area (Å²) >= 11 is 0. The molecule has 126 valence electrons. The van der Waals surface area contributed by atoms with E-state index in [4.69, 9.17) is 5.73 Å². The van der Waals surface area contributed by atoms with Gasteiger partial charge in [0.2, 0.25) is 5.91 Å². The van der Waals surface area contributed by atoms with Gasteiger partial charge < -0.3 is 11.1 Å². The van der Waals surface area contributed by atoms with Crippen molar-refractivity contribution in [2.24, 2.45) is 5.73 Å². The third kappa shape index (κ3) is 3.86. The van der Waals surface area contributed by atoms with E-state index in [9.17, 15) is 4.79 Å². The molecule has 0 bridgehead atoms. The lowest BCUT2D eigenvalue weighted by atomic mass is 10.0. The number of aryl methyl sites for hydroxylation is 2. The van der Waals surface area contributed by atoms with Gasteiger partial charge in [0.15, 0.2) is 0 Å². The van der Waals surface area contributed by atoms with Gasteiger partial charge in [-0.1, -0.05) is 6.07 Å². The monoisotopic (exact) mass is 326 g/mol. The van der Waals surface area contributed by atoms with Gasteiger partial charge in [0.05, 0.1) is 12.2 Å². The molecule has 7 heteroatoms. The minimum atomic E-state index is -0.289. The summed E-state index contributed by atoms with van der Waals surface area (Å²) in [4.78, 5) is 26.5. The Hall–Kier alpha value is -2.54. The lowest BCUT2D eigenvalue weighted by Gasteiger charge is -2.15. The van der Waals surface area contributed by atoms with Crippen molar-refractivity contribution < 1.29 is 4.79 Å². The second kappa shape index (κ2) is 6.92. The number of carbonyl (C=O) groups is 1. The number of hydrogen-bond donors (Lipinski definition) is 2. The third-order valence-corrected chi connectivity index (χ3v) is 4.18. The zero-order chi connectivity index (χ0) is 17.1. The number of rotatable bonds is 5. The second-order valence-corrected chi connectivity index (χ2v) is 6.21. The third-order valence-electron chi connectivity index (χ3n) is 4.18. The van der Waals surface area contributed by atoms with Crippen LogP contribution in [0.4, 0.5) is 11.6 Å². The number of nitrogens with zero attached hydrogens (tertiary/aromatic N) is 4. The Morgan fingerprint density at radius 2 is 2.25 bits per heavy atom. The average molecular weight is 326 g/mol. The Balaban J connectivity index is 1.77. The Bertz CT molecular complexity index is 748. The molecule has 0 saturated carbocycles. The van der Waals surface area contributed by atoms with E-state index in [0.717, 1.165) is 48.2 Å². The van der Waals surface area contributed by atoms with E-state index in [2.05, 4.69) is 25.2 Å². The van der Waals surface area contributed by atoms with Gasteiger partial charge in [-0.3, -0.25) is 9.69 Å². The predicted octanol–water partition coefficient (Wildman–Crippen LogP) is 1.51. The molecular formula is C17H22N6O. The lowest BCUT2D eigenvalue weighted by Crippen LogP contribution is -2.31. The maximum absolute atomic E-state index is 11.1. The van der Waals surface area contributed by atoms with Crippen LogP contribution in [0, 0.1) is 13.8 Å². The molecule has 0 aliphatic carbocycles. The molecular weight excluding hydrogens is 304 g/mol. The van der Waals surface area contributed by atoms with Gasteiger partial charge >= 0.3 is 0 Å². The van der Waals surface area contributed by atoms with Crippen LogP contribution in [-0.2, 0) is 4.79 Å². The first-order valence-electron chi connectivity index (χ1n) is 8.06. The molecule has 1 aliphatic heterocycles. The maximum Gasteiger partial charge on any atom is 0.231 e. The number of nitrogens with one attached hydrogen (secondary N) is 1. The minimum Gasteiger partial charge on any atom is -0.369 e. The molecule has 2 aromatic rings. The number of pyridine rings is 1. The Morgan fingerprint density at radius 1 is 1.42 bits per heavy atom. The van der Waals surface area contributed by atoms with E-state index >= 15 is 0 Å². The zero-order valence-electron chi connectivity index (χ0n) is 14.0. The number of nitrogens with two attached hydrogens (primary N) is 1. The van der Waals surface area contributed by atoms with Crippen LogP contribution in [0.15, 0.2) is 24.4 Å². The summed E-state index contributed by atoms with van der Waals surface area (Å²) in [5.41, 5.74) is 7.33. The molecule has 3 N–H and O–H groups in total. The molecule has 2 aromatic heterocycles. The van der Waals surface area contributed by atoms with Crippen molar-refractivity contribution in [3.05, 3.63) is 41.5 Å². The molecule has 1 amide bonds. The van der Waals surface area contributed by atoms with Crippen LogP contribution >= 0.6 is 0 Å². The molecule has 0 aromatic carbocycles. The molecule has 3 heterocycles. The van der Waals surface area contributed by atoms with E-state index < -0.39 is 0 Å². The van der Waals surface area contributed by atoms with Gasteiger partial charge in [0, 0.05) is 24.7 Å². The zero-order valence-corrected chi connectivity index (χ0v) is 14.0. The average Bonchev–Trinajstić information content (AvgIpc) is 2.97. The van der Waals surface area contributed by atoms with E-state index in [-0.39, 0.29) is 11.8 Å². The van der Waals surface area contributed by atoms with Crippen LogP contribution in [0.3, 0.4) is 0 Å². The van der Waals surface area contributed by atoms with Gasteiger partial charge in [-0.2, -0.15) is 0 Å². The Labute approximate surface area is 141 Å². The number of likely N-dealkylation sites (tertiary alicyclic amines) is 1. The van der Waals surface area contributed by atoms with E-state index in [1.54, 1.807) is 6.20 Å². The van der Waals surface area contributed by atoms with Crippen molar-refractivity contribution in [2.75, 3.05) is 25.0 Å². The summed E-state index contributed by atoms with van der Waals surface area (Å²) in [6.07, 6.45) is 2.72. The summed E-state index contributed by atoms with van der Waals surface area (Å²) in [5, 5.41) is 3.27. The predicted molar refractivity (Wildman–Crippen MR) is 92.0 cm³/mol. The summed E-state index contributed by atoms with van der Waals surface area (Å²) < 4.78 is 0. The normalized spacial score (nSPS) is 17.8. The fourth-order valence-corrected chi connectivity index (χ4v) is 3.04. The van der Waals surface area contributed by atoms with Crippen molar-refractivity contribution >= 4 is 17.5 Å². The molecule has 1 saturated heterocycles. The quantitative estimate of drug-likeness (QED) is 0.864. The topological polar surface area (TPSA) is 97.0 Å². The molecule has 0 spiro atoms. The molecule has 24 heavy (non-hydrogen) atoms. The van der Waals surface area contributed by atoms with E-state index in [1.165, 1.54) is 0 Å². The van der Waals surface area contributed by atoms with Crippen LogP contribution in [-0.4, -0.2) is 45.4 Å². The number of hydrogen-bond acceptors (Lipinski definition) is 6. The maximum atomic E-state index is 11.1. The molecule has 1 fully saturated rings.